The van der Waals surface area contributed by atoms with Crippen LogP contribution in [0.15, 0.2) is 48.5 Å². The Morgan fingerprint density at radius 1 is 1.08 bits per heavy atom. The van der Waals surface area contributed by atoms with Gasteiger partial charge in [0, 0.05) is 18.7 Å². The van der Waals surface area contributed by atoms with Crippen molar-refractivity contribution in [3.63, 3.8) is 0 Å². The molecule has 0 spiro atoms. The molecule has 2 aromatic carbocycles. The number of amides is 1. The van der Waals surface area contributed by atoms with Gasteiger partial charge in [0.1, 0.15) is 0 Å². The molecule has 0 aromatic heterocycles. The van der Waals surface area contributed by atoms with Crippen LogP contribution in [0.4, 0.5) is 0 Å². The summed E-state index contributed by atoms with van der Waals surface area (Å²) in [5.74, 6) is -0.0700. The van der Waals surface area contributed by atoms with Crippen LogP contribution in [0.3, 0.4) is 0 Å². The standard InChI is InChI=1S/C20H25NO3/c1-3-10-21(11-12-22)20(24)19-9-5-8-18(14-19)17-7-4-6-16(13-17)15(2)23/h4-9,13-15,22-23H,3,10-12H2,1-2H3. The summed E-state index contributed by atoms with van der Waals surface area (Å²) in [6.07, 6.45) is 0.321. The maximum atomic E-state index is 12.7. The monoisotopic (exact) mass is 327 g/mol. The molecule has 1 atom stereocenters. The quantitative estimate of drug-likeness (QED) is 0.820. The van der Waals surface area contributed by atoms with Crippen molar-refractivity contribution in [2.45, 2.75) is 26.4 Å². The molecule has 1 amide bonds. The first kappa shape index (κ1) is 18.2. The third kappa shape index (κ3) is 4.43. The lowest BCUT2D eigenvalue weighted by atomic mass is 9.99. The molecule has 2 N–H and O–H groups in total. The summed E-state index contributed by atoms with van der Waals surface area (Å²) < 4.78 is 0. The summed E-state index contributed by atoms with van der Waals surface area (Å²) in [5.41, 5.74) is 3.35. The Balaban J connectivity index is 2.31. The molecule has 0 heterocycles. The highest BCUT2D eigenvalue weighted by Gasteiger charge is 2.15. The van der Waals surface area contributed by atoms with E-state index in [0.29, 0.717) is 18.7 Å². The Labute approximate surface area is 143 Å². The minimum absolute atomic E-state index is 0.0398. The largest absolute Gasteiger partial charge is 0.395 e. The highest BCUT2D eigenvalue weighted by Crippen LogP contribution is 2.24. The average Bonchev–Trinajstić information content (AvgIpc) is 2.61. The SMILES string of the molecule is CCCN(CCO)C(=O)c1cccc(-c2cccc(C(C)O)c2)c1. The molecule has 0 radical (unpaired) electrons. The molecule has 0 aliphatic heterocycles. The van der Waals surface area contributed by atoms with E-state index >= 15 is 0 Å². The van der Waals surface area contributed by atoms with Gasteiger partial charge in [0.15, 0.2) is 0 Å². The van der Waals surface area contributed by atoms with E-state index in [1.165, 1.54) is 0 Å². The fourth-order valence-electron chi connectivity index (χ4n) is 2.70. The number of aliphatic hydroxyl groups is 2. The first-order valence-corrected chi connectivity index (χ1v) is 8.35. The van der Waals surface area contributed by atoms with Crippen molar-refractivity contribution >= 4 is 5.91 Å². The van der Waals surface area contributed by atoms with Crippen molar-refractivity contribution in [1.82, 2.24) is 4.90 Å². The van der Waals surface area contributed by atoms with E-state index in [1.807, 2.05) is 49.4 Å². The normalized spacial score (nSPS) is 12.0. The van der Waals surface area contributed by atoms with Crippen molar-refractivity contribution in [3.05, 3.63) is 59.7 Å². The molecule has 0 saturated carbocycles. The van der Waals surface area contributed by atoms with Gasteiger partial charge in [-0.25, -0.2) is 0 Å². The van der Waals surface area contributed by atoms with Gasteiger partial charge in [-0.1, -0.05) is 37.3 Å². The minimum Gasteiger partial charge on any atom is -0.395 e. The second-order valence-corrected chi connectivity index (χ2v) is 5.90. The van der Waals surface area contributed by atoms with Gasteiger partial charge in [0.2, 0.25) is 0 Å². The number of benzene rings is 2. The Kier molecular flexibility index (Phi) is 6.53. The number of hydrogen-bond donors (Lipinski definition) is 2. The Morgan fingerprint density at radius 3 is 2.38 bits per heavy atom. The van der Waals surface area contributed by atoms with Crippen molar-refractivity contribution in [3.8, 4) is 11.1 Å². The molecule has 2 rings (SSSR count). The lowest BCUT2D eigenvalue weighted by molar-refractivity contribution is 0.0722. The van der Waals surface area contributed by atoms with Crippen LogP contribution >= 0.6 is 0 Å². The zero-order valence-electron chi connectivity index (χ0n) is 14.3. The summed E-state index contributed by atoms with van der Waals surface area (Å²) in [4.78, 5) is 14.3. The Morgan fingerprint density at radius 2 is 1.75 bits per heavy atom. The maximum Gasteiger partial charge on any atom is 0.253 e. The summed E-state index contributed by atoms with van der Waals surface area (Å²) in [6, 6.07) is 15.2. The maximum absolute atomic E-state index is 12.7. The van der Waals surface area contributed by atoms with Crippen LogP contribution in [-0.2, 0) is 0 Å². The van der Waals surface area contributed by atoms with Gasteiger partial charge in [-0.15, -0.1) is 0 Å². The van der Waals surface area contributed by atoms with Gasteiger partial charge in [-0.05, 0) is 48.2 Å². The van der Waals surface area contributed by atoms with Crippen LogP contribution in [0.2, 0.25) is 0 Å². The van der Waals surface area contributed by atoms with Crippen molar-refractivity contribution < 1.29 is 15.0 Å². The Bertz CT molecular complexity index is 676. The zero-order chi connectivity index (χ0) is 17.5. The molecule has 4 nitrogen and oxygen atoms in total. The number of rotatable bonds is 7. The summed E-state index contributed by atoms with van der Waals surface area (Å²) in [6.45, 7) is 4.67. The van der Waals surface area contributed by atoms with Crippen LogP contribution < -0.4 is 0 Å². The van der Waals surface area contributed by atoms with Gasteiger partial charge < -0.3 is 15.1 Å². The van der Waals surface area contributed by atoms with Gasteiger partial charge >= 0.3 is 0 Å². The van der Waals surface area contributed by atoms with Gasteiger partial charge in [-0.2, -0.15) is 0 Å². The van der Waals surface area contributed by atoms with Crippen LogP contribution in [-0.4, -0.2) is 40.7 Å². The highest BCUT2D eigenvalue weighted by atomic mass is 16.3. The topological polar surface area (TPSA) is 60.8 Å². The van der Waals surface area contributed by atoms with E-state index in [1.54, 1.807) is 17.9 Å². The van der Waals surface area contributed by atoms with Gasteiger partial charge in [0.25, 0.3) is 5.91 Å². The van der Waals surface area contributed by atoms with Gasteiger partial charge in [-0.3, -0.25) is 4.79 Å². The molecular formula is C20H25NO3. The summed E-state index contributed by atoms with van der Waals surface area (Å²) in [5, 5.41) is 18.9. The van der Waals surface area contributed by atoms with E-state index in [9.17, 15) is 9.90 Å². The molecule has 4 heteroatoms. The second kappa shape index (κ2) is 8.62. The van der Waals surface area contributed by atoms with Crippen molar-refractivity contribution in [1.29, 1.82) is 0 Å². The molecule has 128 valence electrons. The van der Waals surface area contributed by atoms with Crippen LogP contribution in [0.1, 0.15) is 42.3 Å². The lowest BCUT2D eigenvalue weighted by Crippen LogP contribution is -2.34. The third-order valence-corrected chi connectivity index (χ3v) is 3.96. The van der Waals surface area contributed by atoms with Crippen LogP contribution in [0.5, 0.6) is 0 Å². The predicted molar refractivity (Wildman–Crippen MR) is 95.8 cm³/mol. The molecular weight excluding hydrogens is 302 g/mol. The molecule has 0 saturated heterocycles. The van der Waals surface area contributed by atoms with E-state index in [0.717, 1.165) is 23.1 Å². The van der Waals surface area contributed by atoms with Crippen LogP contribution in [0, 0.1) is 0 Å². The first-order valence-electron chi connectivity index (χ1n) is 8.35. The first-order chi connectivity index (χ1) is 11.6. The predicted octanol–water partition coefficient (Wildman–Crippen LogP) is 3.25. The average molecular weight is 327 g/mol. The number of carbonyl (C=O) groups excluding carboxylic acids is 1. The van der Waals surface area contributed by atoms with Crippen LogP contribution in [0.25, 0.3) is 11.1 Å². The lowest BCUT2D eigenvalue weighted by Gasteiger charge is -2.21. The third-order valence-electron chi connectivity index (χ3n) is 3.96. The summed E-state index contributed by atoms with van der Waals surface area (Å²) >= 11 is 0. The zero-order valence-corrected chi connectivity index (χ0v) is 14.3. The fraction of sp³-hybridized carbons (Fsp3) is 0.350. The summed E-state index contributed by atoms with van der Waals surface area (Å²) in [7, 11) is 0. The second-order valence-electron chi connectivity index (χ2n) is 5.90. The van der Waals surface area contributed by atoms with E-state index in [2.05, 4.69) is 0 Å². The number of nitrogens with zero attached hydrogens (tertiary/aromatic N) is 1. The fourth-order valence-corrected chi connectivity index (χ4v) is 2.70. The van der Waals surface area contributed by atoms with Crippen molar-refractivity contribution in [2.24, 2.45) is 0 Å². The van der Waals surface area contributed by atoms with E-state index in [4.69, 9.17) is 5.11 Å². The highest BCUT2D eigenvalue weighted by molar-refractivity contribution is 5.95. The van der Waals surface area contributed by atoms with Crippen molar-refractivity contribution in [2.75, 3.05) is 19.7 Å². The van der Waals surface area contributed by atoms with E-state index < -0.39 is 6.10 Å². The molecule has 1 unspecified atom stereocenters. The molecule has 0 aliphatic rings. The molecule has 2 aromatic rings. The number of hydrogen-bond acceptors (Lipinski definition) is 3. The Hall–Kier alpha value is -2.17. The molecule has 0 bridgehead atoms. The minimum atomic E-state index is -0.528. The number of aliphatic hydroxyl groups excluding tert-OH is 2. The number of carbonyl (C=O) groups is 1. The van der Waals surface area contributed by atoms with Gasteiger partial charge in [0.05, 0.1) is 12.7 Å². The smallest absolute Gasteiger partial charge is 0.253 e. The van der Waals surface area contributed by atoms with E-state index in [-0.39, 0.29) is 12.5 Å². The molecule has 0 aliphatic carbocycles. The molecule has 24 heavy (non-hydrogen) atoms. The molecule has 0 fully saturated rings.